The molecule has 0 aliphatic rings. The van der Waals surface area contributed by atoms with Crippen LogP contribution in [-0.2, 0) is 21.0 Å². The third kappa shape index (κ3) is 6.75. The molecule has 0 saturated heterocycles. The second kappa shape index (κ2) is 10.4. The quantitative estimate of drug-likeness (QED) is 0.429. The summed E-state index contributed by atoms with van der Waals surface area (Å²) in [4.78, 5) is 12.7. The normalized spacial score (nSPS) is 11.9. The zero-order valence-electron chi connectivity index (χ0n) is 19.3. The third-order valence-electron chi connectivity index (χ3n) is 4.85. The van der Waals surface area contributed by atoms with E-state index in [0.717, 1.165) is 17.7 Å². The first-order valence-corrected chi connectivity index (χ1v) is 12.1. The van der Waals surface area contributed by atoms with Gasteiger partial charge < -0.3 is 10.1 Å². The van der Waals surface area contributed by atoms with Crippen LogP contribution in [0, 0.1) is 6.92 Å². The Bertz CT molecular complexity index is 1290. The van der Waals surface area contributed by atoms with Gasteiger partial charge in [-0.1, -0.05) is 29.8 Å². The summed E-state index contributed by atoms with van der Waals surface area (Å²) in [6, 6.07) is 16.2. The lowest BCUT2D eigenvalue weighted by Crippen LogP contribution is -2.38. The molecule has 0 aliphatic heterocycles. The molecule has 35 heavy (non-hydrogen) atoms. The Morgan fingerprint density at radius 1 is 1.00 bits per heavy atom. The van der Waals surface area contributed by atoms with Gasteiger partial charge in [-0.3, -0.25) is 9.10 Å². The predicted octanol–water partition coefficient (Wildman–Crippen LogP) is 5.64. The summed E-state index contributed by atoms with van der Waals surface area (Å²) in [7, 11) is -4.36. The zero-order chi connectivity index (χ0) is 25.8. The maximum absolute atomic E-state index is 13.4. The van der Waals surface area contributed by atoms with Crippen LogP contribution in [-0.4, -0.2) is 27.0 Å². The van der Waals surface area contributed by atoms with Crippen LogP contribution in [0.1, 0.15) is 25.0 Å². The lowest BCUT2D eigenvalue weighted by atomic mass is 10.2. The summed E-state index contributed by atoms with van der Waals surface area (Å²) in [5.74, 6) is -0.236. The standard InChI is InChI=1S/C25H25F3N2O4S/c1-17(2)34-22-9-5-7-20(15-22)29-24(31)16-30(21-8-4-6-19(14-21)25(26,27)28)35(32,33)23-12-10-18(3)11-13-23/h4-15,17H,16H2,1-3H3,(H,29,31). The molecule has 0 bridgehead atoms. The third-order valence-corrected chi connectivity index (χ3v) is 6.64. The van der Waals surface area contributed by atoms with Gasteiger partial charge in [0.1, 0.15) is 12.3 Å². The number of hydrogen-bond donors (Lipinski definition) is 1. The number of hydrogen-bond acceptors (Lipinski definition) is 4. The van der Waals surface area contributed by atoms with Crippen LogP contribution < -0.4 is 14.4 Å². The van der Waals surface area contributed by atoms with Crippen LogP contribution in [0.5, 0.6) is 5.75 Å². The van der Waals surface area contributed by atoms with Crippen molar-refractivity contribution in [1.82, 2.24) is 0 Å². The molecule has 0 fully saturated rings. The first kappa shape index (κ1) is 26.1. The molecule has 0 heterocycles. The molecule has 3 aromatic rings. The monoisotopic (exact) mass is 506 g/mol. The highest BCUT2D eigenvalue weighted by atomic mass is 32.2. The number of benzene rings is 3. The number of aryl methyl sites for hydroxylation is 1. The van der Waals surface area contributed by atoms with Crippen molar-refractivity contribution < 1.29 is 31.1 Å². The van der Waals surface area contributed by atoms with Crippen molar-refractivity contribution in [1.29, 1.82) is 0 Å². The molecule has 3 aromatic carbocycles. The van der Waals surface area contributed by atoms with Crippen LogP contribution in [0.3, 0.4) is 0 Å². The molecule has 10 heteroatoms. The molecular formula is C25H25F3N2O4S. The summed E-state index contributed by atoms with van der Waals surface area (Å²) in [5.41, 5.74) is -0.161. The van der Waals surface area contributed by atoms with E-state index in [4.69, 9.17) is 4.74 Å². The summed E-state index contributed by atoms with van der Waals surface area (Å²) in [6.07, 6.45) is -4.79. The largest absolute Gasteiger partial charge is 0.491 e. The molecule has 1 N–H and O–H groups in total. The molecule has 186 valence electrons. The fourth-order valence-corrected chi connectivity index (χ4v) is 4.65. The van der Waals surface area contributed by atoms with E-state index in [-0.39, 0.29) is 16.7 Å². The van der Waals surface area contributed by atoms with Crippen LogP contribution in [0.25, 0.3) is 0 Å². The maximum Gasteiger partial charge on any atom is 0.416 e. The molecule has 0 radical (unpaired) electrons. The average Bonchev–Trinajstić information content (AvgIpc) is 2.77. The van der Waals surface area contributed by atoms with Gasteiger partial charge in [0.15, 0.2) is 0 Å². The van der Waals surface area contributed by atoms with Gasteiger partial charge in [-0.15, -0.1) is 0 Å². The van der Waals surface area contributed by atoms with Crippen molar-refractivity contribution in [2.75, 3.05) is 16.2 Å². The molecule has 0 spiro atoms. The van der Waals surface area contributed by atoms with Gasteiger partial charge in [0.05, 0.1) is 22.3 Å². The molecule has 0 unspecified atom stereocenters. The summed E-state index contributed by atoms with van der Waals surface area (Å²) in [6.45, 7) is 4.71. The Kier molecular flexibility index (Phi) is 7.74. The van der Waals surface area contributed by atoms with E-state index in [0.29, 0.717) is 21.8 Å². The number of rotatable bonds is 8. The lowest BCUT2D eigenvalue weighted by Gasteiger charge is -2.25. The number of nitrogens with one attached hydrogen (secondary N) is 1. The highest BCUT2D eigenvalue weighted by Gasteiger charge is 2.33. The molecule has 0 atom stereocenters. The molecule has 6 nitrogen and oxygen atoms in total. The number of ether oxygens (including phenoxy) is 1. The molecule has 3 rings (SSSR count). The number of sulfonamides is 1. The molecule has 1 amide bonds. The number of anilines is 2. The van der Waals surface area contributed by atoms with Crippen molar-refractivity contribution in [3.63, 3.8) is 0 Å². The zero-order valence-corrected chi connectivity index (χ0v) is 20.2. The van der Waals surface area contributed by atoms with Gasteiger partial charge in [-0.25, -0.2) is 8.42 Å². The summed E-state index contributed by atoms with van der Waals surface area (Å²) >= 11 is 0. The smallest absolute Gasteiger partial charge is 0.416 e. The van der Waals surface area contributed by atoms with E-state index in [1.54, 1.807) is 43.3 Å². The van der Waals surface area contributed by atoms with Gasteiger partial charge in [-0.05, 0) is 63.2 Å². The molecule has 0 aromatic heterocycles. The SMILES string of the molecule is Cc1ccc(S(=O)(=O)N(CC(=O)Nc2cccc(OC(C)C)c2)c2cccc(C(F)(F)F)c2)cc1. The lowest BCUT2D eigenvalue weighted by molar-refractivity contribution is -0.137. The summed E-state index contributed by atoms with van der Waals surface area (Å²) in [5, 5.41) is 2.59. The van der Waals surface area contributed by atoms with E-state index in [1.807, 2.05) is 13.8 Å². The van der Waals surface area contributed by atoms with Crippen molar-refractivity contribution in [3.05, 3.63) is 83.9 Å². The van der Waals surface area contributed by atoms with Crippen molar-refractivity contribution in [3.8, 4) is 5.75 Å². The van der Waals surface area contributed by atoms with Gasteiger partial charge in [-0.2, -0.15) is 13.2 Å². The minimum atomic E-state index is -4.69. The Morgan fingerprint density at radius 2 is 1.66 bits per heavy atom. The highest BCUT2D eigenvalue weighted by Crippen LogP contribution is 2.33. The first-order chi connectivity index (χ1) is 16.4. The fraction of sp³-hybridized carbons (Fsp3) is 0.240. The summed E-state index contributed by atoms with van der Waals surface area (Å²) < 4.78 is 73.0. The van der Waals surface area contributed by atoms with Gasteiger partial charge >= 0.3 is 6.18 Å². The Balaban J connectivity index is 1.96. The molecule has 0 aliphatic carbocycles. The van der Waals surface area contributed by atoms with Crippen molar-refractivity contribution >= 4 is 27.3 Å². The topological polar surface area (TPSA) is 75.7 Å². The highest BCUT2D eigenvalue weighted by molar-refractivity contribution is 7.92. The van der Waals surface area contributed by atoms with Crippen molar-refractivity contribution in [2.24, 2.45) is 0 Å². The minimum Gasteiger partial charge on any atom is -0.491 e. The number of halogens is 3. The number of alkyl halides is 3. The van der Waals surface area contributed by atoms with Gasteiger partial charge in [0, 0.05) is 11.8 Å². The molecule has 0 saturated carbocycles. The minimum absolute atomic E-state index is 0.1000. The second-order valence-corrected chi connectivity index (χ2v) is 9.98. The van der Waals surface area contributed by atoms with Crippen LogP contribution in [0.2, 0.25) is 0 Å². The Labute approximate surface area is 202 Å². The fourth-order valence-electron chi connectivity index (χ4n) is 3.24. The Hall–Kier alpha value is -3.53. The van der Waals surface area contributed by atoms with Gasteiger partial charge in [0.2, 0.25) is 5.91 Å². The Morgan fingerprint density at radius 3 is 2.29 bits per heavy atom. The number of amides is 1. The van der Waals surface area contributed by atoms with E-state index in [9.17, 15) is 26.4 Å². The second-order valence-electron chi connectivity index (χ2n) is 8.12. The average molecular weight is 507 g/mol. The van der Waals surface area contributed by atoms with E-state index >= 15 is 0 Å². The first-order valence-electron chi connectivity index (χ1n) is 10.7. The number of nitrogens with zero attached hydrogens (tertiary/aromatic N) is 1. The maximum atomic E-state index is 13.4. The van der Waals surface area contributed by atoms with Crippen LogP contribution in [0.4, 0.5) is 24.5 Å². The number of carbonyl (C=O) groups is 1. The number of carbonyl (C=O) groups excluding carboxylic acids is 1. The van der Waals surface area contributed by atoms with Crippen LogP contribution >= 0.6 is 0 Å². The molecular weight excluding hydrogens is 481 g/mol. The van der Waals surface area contributed by atoms with E-state index in [1.165, 1.54) is 18.2 Å². The van der Waals surface area contributed by atoms with Gasteiger partial charge in [0.25, 0.3) is 10.0 Å². The van der Waals surface area contributed by atoms with E-state index in [2.05, 4.69) is 5.32 Å². The van der Waals surface area contributed by atoms with E-state index < -0.39 is 34.2 Å². The van der Waals surface area contributed by atoms with Crippen molar-refractivity contribution in [2.45, 2.75) is 37.9 Å². The predicted molar refractivity (Wildman–Crippen MR) is 128 cm³/mol. The van der Waals surface area contributed by atoms with Crippen LogP contribution in [0.15, 0.2) is 77.7 Å².